The monoisotopic (exact) mass is 184 g/mol. The predicted molar refractivity (Wildman–Crippen MR) is 44.0 cm³/mol. The van der Waals surface area contributed by atoms with Crippen LogP contribution in [0.1, 0.15) is 0 Å². The molecule has 0 amide bonds. The van der Waals surface area contributed by atoms with Crippen molar-refractivity contribution < 1.29 is 4.92 Å². The number of aliphatic imine (C=N–C) groups is 1. The molecule has 6 nitrogen and oxygen atoms in total. The minimum atomic E-state index is -0.721. The molecule has 0 spiro atoms. The fourth-order valence-corrected chi connectivity index (χ4v) is 0.872. The van der Waals surface area contributed by atoms with Crippen LogP contribution in [-0.4, -0.2) is 16.5 Å². The van der Waals surface area contributed by atoms with Gasteiger partial charge in [0, 0.05) is 0 Å². The van der Waals surface area contributed by atoms with Crippen LogP contribution < -0.4 is 5.32 Å². The highest BCUT2D eigenvalue weighted by atomic mass is 32.1. The lowest BCUT2D eigenvalue weighted by Crippen LogP contribution is -2.29. The molecule has 1 rings (SSSR count). The molecule has 1 aliphatic heterocycles. The lowest BCUT2D eigenvalue weighted by molar-refractivity contribution is -0.427. The summed E-state index contributed by atoms with van der Waals surface area (Å²) in [5.41, 5.74) is -0.164. The number of hydrogen-bond donors (Lipinski definition) is 2. The van der Waals surface area contributed by atoms with Crippen molar-refractivity contribution in [3.63, 3.8) is 0 Å². The Morgan fingerprint density at radius 3 is 3.08 bits per heavy atom. The van der Waals surface area contributed by atoms with E-state index in [0.717, 1.165) is 0 Å². The molecule has 0 aliphatic carbocycles. The zero-order chi connectivity index (χ0) is 9.14. The van der Waals surface area contributed by atoms with E-state index in [9.17, 15) is 10.1 Å². The van der Waals surface area contributed by atoms with Gasteiger partial charge in [-0.1, -0.05) is 0 Å². The molecular formula is C5H4N4O2S. The van der Waals surface area contributed by atoms with Gasteiger partial charge in [-0.3, -0.25) is 0 Å². The molecular weight excluding hydrogens is 180 g/mol. The summed E-state index contributed by atoms with van der Waals surface area (Å²) in [5, 5.41) is 20.7. The molecule has 62 valence electrons. The Balaban J connectivity index is 3.03. The smallest absolute Gasteiger partial charge is 0.358 e. The van der Waals surface area contributed by atoms with Crippen LogP contribution in [0.4, 0.5) is 0 Å². The van der Waals surface area contributed by atoms with Crippen LogP contribution in [0.15, 0.2) is 16.5 Å². The highest BCUT2D eigenvalue weighted by Gasteiger charge is 2.23. The van der Waals surface area contributed by atoms with Crippen molar-refractivity contribution in [2.75, 3.05) is 0 Å². The SMILES string of the molecule is N#CC1=C([N+](=O)[O-])N=CC(S)N1. The number of nitrogens with one attached hydrogen (secondary N) is 1. The second kappa shape index (κ2) is 3.23. The van der Waals surface area contributed by atoms with Crippen molar-refractivity contribution in [2.24, 2.45) is 4.99 Å². The van der Waals surface area contributed by atoms with E-state index in [2.05, 4.69) is 22.9 Å². The van der Waals surface area contributed by atoms with E-state index in [1.165, 1.54) is 6.21 Å². The maximum absolute atomic E-state index is 10.2. The number of nitro groups is 1. The van der Waals surface area contributed by atoms with Gasteiger partial charge < -0.3 is 15.4 Å². The first kappa shape index (κ1) is 8.55. The van der Waals surface area contributed by atoms with Gasteiger partial charge >= 0.3 is 5.82 Å². The first-order chi connectivity index (χ1) is 5.65. The number of thiol groups is 1. The third-order valence-electron chi connectivity index (χ3n) is 1.14. The molecule has 12 heavy (non-hydrogen) atoms. The van der Waals surface area contributed by atoms with Crippen LogP contribution in [-0.2, 0) is 0 Å². The summed E-state index contributed by atoms with van der Waals surface area (Å²) >= 11 is 3.92. The van der Waals surface area contributed by atoms with Gasteiger partial charge in [0.05, 0.1) is 0 Å². The molecule has 1 heterocycles. The standard InChI is InChI=1S/C5H4N4O2S/c6-1-3-5(9(10)11)7-2-4(12)8-3/h2,4,8,12H. The Morgan fingerprint density at radius 1 is 1.92 bits per heavy atom. The maximum atomic E-state index is 10.2. The van der Waals surface area contributed by atoms with Gasteiger partial charge in [0.15, 0.2) is 0 Å². The van der Waals surface area contributed by atoms with Gasteiger partial charge in [-0.05, 0) is 9.92 Å². The Labute approximate surface area is 73.1 Å². The quantitative estimate of drug-likeness (QED) is 0.338. The molecule has 1 atom stereocenters. The van der Waals surface area contributed by atoms with Gasteiger partial charge in [0.25, 0.3) is 0 Å². The van der Waals surface area contributed by atoms with Crippen LogP contribution in [0.5, 0.6) is 0 Å². The van der Waals surface area contributed by atoms with Crippen LogP contribution in [0.25, 0.3) is 0 Å². The molecule has 0 saturated heterocycles. The number of nitrogens with zero attached hydrogens (tertiary/aromatic N) is 3. The Morgan fingerprint density at radius 2 is 2.58 bits per heavy atom. The Hall–Kier alpha value is -1.55. The summed E-state index contributed by atoms with van der Waals surface area (Å²) in [6.07, 6.45) is 1.25. The second-order valence-corrected chi connectivity index (χ2v) is 2.49. The van der Waals surface area contributed by atoms with E-state index >= 15 is 0 Å². The molecule has 0 fully saturated rings. The van der Waals surface area contributed by atoms with Crippen LogP contribution >= 0.6 is 12.6 Å². The summed E-state index contributed by atoms with van der Waals surface area (Å²) in [4.78, 5) is 13.0. The number of nitriles is 1. The molecule has 0 saturated carbocycles. The molecule has 0 bridgehead atoms. The lowest BCUT2D eigenvalue weighted by atomic mass is 10.4. The van der Waals surface area contributed by atoms with Crippen molar-refractivity contribution >= 4 is 18.8 Å². The molecule has 0 aromatic rings. The predicted octanol–water partition coefficient (Wildman–Crippen LogP) is -0.114. The summed E-state index contributed by atoms with van der Waals surface area (Å²) < 4.78 is 0. The summed E-state index contributed by atoms with van der Waals surface area (Å²) in [7, 11) is 0. The fraction of sp³-hybridized carbons (Fsp3) is 0.200. The van der Waals surface area contributed by atoms with Crippen LogP contribution in [0.3, 0.4) is 0 Å². The lowest BCUT2D eigenvalue weighted by Gasteiger charge is -2.09. The van der Waals surface area contributed by atoms with E-state index in [1.54, 1.807) is 6.07 Å². The molecule has 7 heteroatoms. The van der Waals surface area contributed by atoms with E-state index in [4.69, 9.17) is 5.26 Å². The van der Waals surface area contributed by atoms with Crippen LogP contribution in [0, 0.1) is 21.4 Å². The van der Waals surface area contributed by atoms with E-state index < -0.39 is 16.1 Å². The molecule has 1 unspecified atom stereocenters. The highest BCUT2D eigenvalue weighted by molar-refractivity contribution is 7.81. The number of allylic oxidation sites excluding steroid dienone is 1. The van der Waals surface area contributed by atoms with Crippen LogP contribution in [0.2, 0.25) is 0 Å². The summed E-state index contributed by atoms with van der Waals surface area (Å²) in [6, 6.07) is 1.63. The molecule has 0 radical (unpaired) electrons. The van der Waals surface area contributed by atoms with Crippen molar-refractivity contribution in [2.45, 2.75) is 5.37 Å². The van der Waals surface area contributed by atoms with E-state index in [-0.39, 0.29) is 5.70 Å². The number of hydrogen-bond acceptors (Lipinski definition) is 6. The summed E-state index contributed by atoms with van der Waals surface area (Å²) in [6.45, 7) is 0. The normalized spacial score (nSPS) is 21.5. The van der Waals surface area contributed by atoms with Gasteiger partial charge in [0.2, 0.25) is 5.70 Å². The van der Waals surface area contributed by atoms with Gasteiger partial charge in [-0.25, -0.2) is 0 Å². The van der Waals surface area contributed by atoms with Gasteiger partial charge in [-0.2, -0.15) is 5.26 Å². The first-order valence-corrected chi connectivity index (χ1v) is 3.44. The minimum absolute atomic E-state index is 0.164. The van der Waals surface area contributed by atoms with Crippen molar-refractivity contribution in [3.8, 4) is 6.07 Å². The minimum Gasteiger partial charge on any atom is -0.358 e. The van der Waals surface area contributed by atoms with Crippen molar-refractivity contribution in [3.05, 3.63) is 21.6 Å². The Bertz CT molecular complexity index is 316. The molecule has 0 aromatic heterocycles. The third kappa shape index (κ3) is 1.54. The first-order valence-electron chi connectivity index (χ1n) is 2.92. The average Bonchev–Trinajstić information content (AvgIpc) is 2.03. The van der Waals surface area contributed by atoms with Gasteiger partial charge in [-0.15, -0.1) is 12.6 Å². The number of rotatable bonds is 1. The van der Waals surface area contributed by atoms with Gasteiger partial charge in [0.1, 0.15) is 17.7 Å². The summed E-state index contributed by atoms with van der Waals surface area (Å²) in [5.74, 6) is -0.470. The molecule has 0 aromatic carbocycles. The average molecular weight is 184 g/mol. The zero-order valence-corrected chi connectivity index (χ0v) is 6.65. The van der Waals surface area contributed by atoms with Crippen molar-refractivity contribution in [1.82, 2.24) is 5.32 Å². The van der Waals surface area contributed by atoms with Crippen molar-refractivity contribution in [1.29, 1.82) is 5.26 Å². The van der Waals surface area contributed by atoms with E-state index in [0.29, 0.717) is 0 Å². The second-order valence-electron chi connectivity index (χ2n) is 1.93. The van der Waals surface area contributed by atoms with E-state index in [1.807, 2.05) is 0 Å². The largest absolute Gasteiger partial charge is 0.397 e. The highest BCUT2D eigenvalue weighted by Crippen LogP contribution is 2.09. The molecule has 1 aliphatic rings. The topological polar surface area (TPSA) is 91.3 Å². The Kier molecular flexibility index (Phi) is 2.30. The fourth-order valence-electron chi connectivity index (χ4n) is 0.676. The maximum Gasteiger partial charge on any atom is 0.397 e. The molecule has 1 N–H and O–H groups in total. The third-order valence-corrected chi connectivity index (χ3v) is 1.40. The zero-order valence-electron chi connectivity index (χ0n) is 5.76.